The number of nitrogens with one attached hydrogen (secondary N) is 1. The van der Waals surface area contributed by atoms with Gasteiger partial charge in [-0.3, -0.25) is 4.79 Å². The second-order valence-electron chi connectivity index (χ2n) is 2.79. The quantitative estimate of drug-likeness (QED) is 0.687. The highest BCUT2D eigenvalue weighted by Crippen LogP contribution is 2.12. The zero-order valence-corrected chi connectivity index (χ0v) is 6.92. The number of pyridine rings is 1. The highest BCUT2D eigenvalue weighted by Gasteiger charge is 2.01. The first-order chi connectivity index (χ1) is 5.24. The summed E-state index contributed by atoms with van der Waals surface area (Å²) >= 11 is 0. The van der Waals surface area contributed by atoms with Crippen LogP contribution in [0, 0.1) is 0 Å². The minimum absolute atomic E-state index is 0.0825. The Balaban J connectivity index is 2.96. The van der Waals surface area contributed by atoms with Crippen molar-refractivity contribution in [2.75, 3.05) is 0 Å². The maximum absolute atomic E-state index is 10.9. The summed E-state index contributed by atoms with van der Waals surface area (Å²) in [6, 6.07) is 3.19. The van der Waals surface area contributed by atoms with Crippen molar-refractivity contribution < 1.29 is 0 Å². The molecule has 1 aromatic heterocycles. The predicted octanol–water partition coefficient (Wildman–Crippen LogP) is 1.89. The molecule has 0 aliphatic rings. The normalized spacial score (nSPS) is 12.9. The van der Waals surface area contributed by atoms with Crippen LogP contribution in [0.5, 0.6) is 0 Å². The molecule has 0 aliphatic heterocycles. The smallest absolute Gasteiger partial charge is 0.181 e. The van der Waals surface area contributed by atoms with Crippen LogP contribution in [-0.4, -0.2) is 4.98 Å². The van der Waals surface area contributed by atoms with Gasteiger partial charge in [0.2, 0.25) is 0 Å². The second-order valence-corrected chi connectivity index (χ2v) is 2.79. The lowest BCUT2D eigenvalue weighted by atomic mass is 10.0. The van der Waals surface area contributed by atoms with Crippen LogP contribution in [-0.2, 0) is 0 Å². The van der Waals surface area contributed by atoms with Crippen LogP contribution in [0.15, 0.2) is 23.1 Å². The first-order valence-corrected chi connectivity index (χ1v) is 3.92. The molecule has 0 radical (unpaired) electrons. The standard InChI is InChI=1S/C9H13NO/c1-3-7(2)9-6-8(11)4-5-10-9/h4-7H,3H2,1-2H3,(H,10,11). The fourth-order valence-electron chi connectivity index (χ4n) is 0.967. The van der Waals surface area contributed by atoms with Crippen molar-refractivity contribution in [3.8, 4) is 0 Å². The Morgan fingerprint density at radius 2 is 2.36 bits per heavy atom. The Labute approximate surface area is 66.3 Å². The summed E-state index contributed by atoms with van der Waals surface area (Å²) < 4.78 is 0. The van der Waals surface area contributed by atoms with Crippen LogP contribution in [0.25, 0.3) is 0 Å². The third kappa shape index (κ3) is 1.93. The van der Waals surface area contributed by atoms with E-state index in [1.54, 1.807) is 12.3 Å². The van der Waals surface area contributed by atoms with Gasteiger partial charge in [0.25, 0.3) is 0 Å². The number of hydrogen-bond acceptors (Lipinski definition) is 1. The van der Waals surface area contributed by atoms with Gasteiger partial charge in [-0.2, -0.15) is 0 Å². The van der Waals surface area contributed by atoms with E-state index in [0.717, 1.165) is 12.1 Å². The monoisotopic (exact) mass is 151 g/mol. The predicted molar refractivity (Wildman–Crippen MR) is 45.8 cm³/mol. The van der Waals surface area contributed by atoms with Crippen LogP contribution < -0.4 is 5.43 Å². The van der Waals surface area contributed by atoms with Gasteiger partial charge in [-0.1, -0.05) is 13.8 Å². The molecule has 60 valence electrons. The molecule has 0 fully saturated rings. The minimum atomic E-state index is 0.0825. The lowest BCUT2D eigenvalue weighted by Gasteiger charge is -2.06. The van der Waals surface area contributed by atoms with Crippen molar-refractivity contribution in [1.82, 2.24) is 4.98 Å². The third-order valence-electron chi connectivity index (χ3n) is 1.94. The maximum atomic E-state index is 10.9. The SMILES string of the molecule is CCC(C)c1cc(=O)cc[nH]1. The molecular formula is C9H13NO. The van der Waals surface area contributed by atoms with Crippen LogP contribution >= 0.6 is 0 Å². The van der Waals surface area contributed by atoms with Gasteiger partial charge in [-0.15, -0.1) is 0 Å². The van der Waals surface area contributed by atoms with Crippen molar-refractivity contribution in [1.29, 1.82) is 0 Å². The molecular weight excluding hydrogens is 138 g/mol. The van der Waals surface area contributed by atoms with Gasteiger partial charge in [-0.25, -0.2) is 0 Å². The van der Waals surface area contributed by atoms with Crippen molar-refractivity contribution in [3.05, 3.63) is 34.2 Å². The summed E-state index contributed by atoms with van der Waals surface area (Å²) in [5, 5.41) is 0. The molecule has 1 heterocycles. The molecule has 0 aliphatic carbocycles. The number of H-pyrrole nitrogens is 1. The number of hydrogen-bond donors (Lipinski definition) is 1. The average Bonchev–Trinajstić information content (AvgIpc) is 2.03. The molecule has 1 rings (SSSR count). The van der Waals surface area contributed by atoms with Crippen LogP contribution in [0.1, 0.15) is 31.9 Å². The molecule has 0 saturated carbocycles. The van der Waals surface area contributed by atoms with E-state index >= 15 is 0 Å². The largest absolute Gasteiger partial charge is 0.365 e. The van der Waals surface area contributed by atoms with E-state index in [0.29, 0.717) is 5.92 Å². The fraction of sp³-hybridized carbons (Fsp3) is 0.444. The van der Waals surface area contributed by atoms with Crippen LogP contribution in [0.4, 0.5) is 0 Å². The fourth-order valence-corrected chi connectivity index (χ4v) is 0.967. The molecule has 1 N–H and O–H groups in total. The molecule has 0 amide bonds. The van der Waals surface area contributed by atoms with Crippen molar-refractivity contribution in [3.63, 3.8) is 0 Å². The highest BCUT2D eigenvalue weighted by atomic mass is 16.1. The highest BCUT2D eigenvalue weighted by molar-refractivity contribution is 5.08. The third-order valence-corrected chi connectivity index (χ3v) is 1.94. The Morgan fingerprint density at radius 3 is 2.91 bits per heavy atom. The molecule has 2 heteroatoms. The second kappa shape index (κ2) is 3.37. The van der Waals surface area contributed by atoms with Crippen molar-refractivity contribution >= 4 is 0 Å². The van der Waals surface area contributed by atoms with Crippen LogP contribution in [0.2, 0.25) is 0 Å². The molecule has 0 aromatic carbocycles. The van der Waals surface area contributed by atoms with Crippen molar-refractivity contribution in [2.24, 2.45) is 0 Å². The van der Waals surface area contributed by atoms with Gasteiger partial charge in [0, 0.05) is 24.0 Å². The summed E-state index contributed by atoms with van der Waals surface area (Å²) in [6.07, 6.45) is 2.75. The Morgan fingerprint density at radius 1 is 1.64 bits per heavy atom. The number of rotatable bonds is 2. The molecule has 0 saturated heterocycles. The van der Waals surface area contributed by atoms with Crippen LogP contribution in [0.3, 0.4) is 0 Å². The van der Waals surface area contributed by atoms with E-state index < -0.39 is 0 Å². The Hall–Kier alpha value is -1.05. The minimum Gasteiger partial charge on any atom is -0.365 e. The molecule has 1 aromatic rings. The van der Waals surface area contributed by atoms with Crippen molar-refractivity contribution in [2.45, 2.75) is 26.2 Å². The van der Waals surface area contributed by atoms with E-state index in [-0.39, 0.29) is 5.43 Å². The zero-order chi connectivity index (χ0) is 8.27. The van der Waals surface area contributed by atoms with Gasteiger partial charge in [0.05, 0.1) is 0 Å². The summed E-state index contributed by atoms with van der Waals surface area (Å²) in [5.74, 6) is 0.448. The molecule has 0 spiro atoms. The molecule has 1 unspecified atom stereocenters. The molecule has 1 atom stereocenters. The van der Waals surface area contributed by atoms with Gasteiger partial charge in [-0.05, 0) is 12.3 Å². The molecule has 11 heavy (non-hydrogen) atoms. The topological polar surface area (TPSA) is 32.9 Å². The lowest BCUT2D eigenvalue weighted by molar-refractivity contribution is 0.707. The van der Waals surface area contributed by atoms with Gasteiger partial charge in [0.1, 0.15) is 0 Å². The summed E-state index contributed by atoms with van der Waals surface area (Å²) in [6.45, 7) is 4.21. The zero-order valence-electron chi connectivity index (χ0n) is 6.92. The first-order valence-electron chi connectivity index (χ1n) is 3.92. The van der Waals surface area contributed by atoms with Gasteiger partial charge >= 0.3 is 0 Å². The Bertz CT molecular complexity index is 277. The number of aromatic nitrogens is 1. The maximum Gasteiger partial charge on any atom is 0.181 e. The summed E-state index contributed by atoms with van der Waals surface area (Å²) in [4.78, 5) is 14.0. The van der Waals surface area contributed by atoms with Gasteiger partial charge in [0.15, 0.2) is 5.43 Å². The average molecular weight is 151 g/mol. The van der Waals surface area contributed by atoms with E-state index in [1.807, 2.05) is 0 Å². The molecule has 2 nitrogen and oxygen atoms in total. The number of aromatic amines is 1. The van der Waals surface area contributed by atoms with E-state index in [9.17, 15) is 4.79 Å². The first kappa shape index (κ1) is 8.05. The van der Waals surface area contributed by atoms with E-state index in [2.05, 4.69) is 18.8 Å². The van der Waals surface area contributed by atoms with Gasteiger partial charge < -0.3 is 4.98 Å². The lowest BCUT2D eigenvalue weighted by Crippen LogP contribution is -2.03. The molecule has 0 bridgehead atoms. The summed E-state index contributed by atoms with van der Waals surface area (Å²) in [5.41, 5.74) is 1.11. The Kier molecular flexibility index (Phi) is 2.47. The van der Waals surface area contributed by atoms with E-state index in [4.69, 9.17) is 0 Å². The van der Waals surface area contributed by atoms with E-state index in [1.165, 1.54) is 6.07 Å². The summed E-state index contributed by atoms with van der Waals surface area (Å²) in [7, 11) is 0.